The zero-order valence-electron chi connectivity index (χ0n) is 27.5. The second-order valence-electron chi connectivity index (χ2n) is 12.8. The highest BCUT2D eigenvalue weighted by Gasteiger charge is 2.03. The Morgan fingerprint density at radius 2 is 0.795 bits per heavy atom. The van der Waals surface area contributed by atoms with Gasteiger partial charge in [0, 0.05) is 6.42 Å². The first-order valence-electron chi connectivity index (χ1n) is 18.4. The van der Waals surface area contributed by atoms with Crippen LogP contribution in [0, 0.1) is 5.92 Å². The highest BCUT2D eigenvalue weighted by molar-refractivity contribution is 5.69. The highest BCUT2D eigenvalue weighted by Crippen LogP contribution is 2.16. The van der Waals surface area contributed by atoms with Gasteiger partial charge in [0.15, 0.2) is 0 Å². The van der Waals surface area contributed by atoms with Crippen molar-refractivity contribution in [3.8, 4) is 0 Å². The first-order chi connectivity index (χ1) is 19.2. The molecule has 0 aromatic rings. The molecule has 0 aliphatic heterocycles. The van der Waals surface area contributed by atoms with Gasteiger partial charge < -0.3 is 4.74 Å². The lowest BCUT2D eigenvalue weighted by atomic mass is 9.99. The van der Waals surface area contributed by atoms with E-state index in [1.165, 1.54) is 180 Å². The molecule has 0 aliphatic carbocycles. The van der Waals surface area contributed by atoms with Gasteiger partial charge in [-0.15, -0.1) is 0 Å². The van der Waals surface area contributed by atoms with Crippen LogP contribution in [0.4, 0.5) is 0 Å². The number of rotatable bonds is 33. The van der Waals surface area contributed by atoms with E-state index in [0.717, 1.165) is 18.8 Å². The fourth-order valence-electron chi connectivity index (χ4n) is 5.64. The van der Waals surface area contributed by atoms with Crippen molar-refractivity contribution in [3.05, 3.63) is 0 Å². The van der Waals surface area contributed by atoms with Crippen LogP contribution in [0.3, 0.4) is 0 Å². The zero-order chi connectivity index (χ0) is 28.5. The smallest absolute Gasteiger partial charge is 0.305 e. The molecule has 1 unspecified atom stereocenters. The van der Waals surface area contributed by atoms with Crippen molar-refractivity contribution in [2.24, 2.45) is 5.92 Å². The molecule has 0 radical (unpaired) electrons. The van der Waals surface area contributed by atoms with Crippen LogP contribution in [0.15, 0.2) is 0 Å². The molecule has 1 atom stereocenters. The summed E-state index contributed by atoms with van der Waals surface area (Å²) in [6.07, 6.45) is 41.6. The summed E-state index contributed by atoms with van der Waals surface area (Å²) >= 11 is 0. The quantitative estimate of drug-likeness (QED) is 0.0600. The van der Waals surface area contributed by atoms with E-state index >= 15 is 0 Å². The summed E-state index contributed by atoms with van der Waals surface area (Å²) in [5.74, 6) is 0.956. The van der Waals surface area contributed by atoms with Crippen LogP contribution in [0.5, 0.6) is 0 Å². The number of esters is 1. The Bertz CT molecular complexity index is 460. The summed E-state index contributed by atoms with van der Waals surface area (Å²) in [6, 6.07) is 0. The Kier molecular flexibility index (Phi) is 33.2. The van der Waals surface area contributed by atoms with Crippen LogP contribution in [0.1, 0.15) is 220 Å². The van der Waals surface area contributed by atoms with Gasteiger partial charge in [-0.05, 0) is 18.8 Å². The standard InChI is InChI=1S/C37H74O2/c1-4-6-7-8-9-10-11-15-19-22-25-28-31-34-37(38)39-35-32-29-26-23-20-17-14-12-13-16-18-21-24-27-30-33-36(3)5-2/h36H,4-35H2,1-3H3. The molecule has 0 bridgehead atoms. The summed E-state index contributed by atoms with van der Waals surface area (Å²) in [5, 5.41) is 0. The Morgan fingerprint density at radius 3 is 1.18 bits per heavy atom. The molecule has 0 aliphatic rings. The third kappa shape index (κ3) is 33.6. The van der Waals surface area contributed by atoms with Crippen molar-refractivity contribution in [2.75, 3.05) is 6.61 Å². The predicted octanol–water partition coefficient (Wildman–Crippen LogP) is 13.3. The topological polar surface area (TPSA) is 26.3 Å². The third-order valence-corrected chi connectivity index (χ3v) is 8.79. The summed E-state index contributed by atoms with van der Waals surface area (Å²) in [7, 11) is 0. The Balaban J connectivity index is 3.15. The molecular weight excluding hydrogens is 476 g/mol. The molecule has 2 nitrogen and oxygen atoms in total. The lowest BCUT2D eigenvalue weighted by Crippen LogP contribution is -2.05. The van der Waals surface area contributed by atoms with Gasteiger partial charge in [-0.2, -0.15) is 0 Å². The van der Waals surface area contributed by atoms with Crippen LogP contribution in [-0.4, -0.2) is 12.6 Å². The maximum absolute atomic E-state index is 11.9. The molecule has 0 aromatic heterocycles. The van der Waals surface area contributed by atoms with Crippen molar-refractivity contribution in [2.45, 2.75) is 220 Å². The second kappa shape index (κ2) is 33.7. The number of ether oxygens (including phenoxy) is 1. The lowest BCUT2D eigenvalue weighted by molar-refractivity contribution is -0.143. The van der Waals surface area contributed by atoms with Crippen molar-refractivity contribution < 1.29 is 9.53 Å². The van der Waals surface area contributed by atoms with E-state index in [4.69, 9.17) is 4.74 Å². The lowest BCUT2D eigenvalue weighted by Gasteiger charge is -2.07. The number of hydrogen-bond donors (Lipinski definition) is 0. The van der Waals surface area contributed by atoms with Crippen LogP contribution < -0.4 is 0 Å². The van der Waals surface area contributed by atoms with E-state index in [-0.39, 0.29) is 5.97 Å². The Labute approximate surface area is 247 Å². The van der Waals surface area contributed by atoms with E-state index in [9.17, 15) is 4.79 Å². The first kappa shape index (κ1) is 38.5. The average molecular weight is 551 g/mol. The van der Waals surface area contributed by atoms with Crippen LogP contribution in [0.2, 0.25) is 0 Å². The first-order valence-corrected chi connectivity index (χ1v) is 18.4. The number of unbranched alkanes of at least 4 members (excludes halogenated alkanes) is 26. The molecule has 0 aromatic carbocycles. The minimum absolute atomic E-state index is 0.0275. The van der Waals surface area contributed by atoms with Gasteiger partial charge in [0.25, 0.3) is 0 Å². The van der Waals surface area contributed by atoms with Crippen molar-refractivity contribution >= 4 is 5.97 Å². The maximum atomic E-state index is 11.9. The molecule has 0 fully saturated rings. The fraction of sp³-hybridized carbons (Fsp3) is 0.973. The molecule has 234 valence electrons. The van der Waals surface area contributed by atoms with Gasteiger partial charge in [0.05, 0.1) is 6.61 Å². The normalized spacial score (nSPS) is 12.2. The molecule has 0 N–H and O–H groups in total. The number of carbonyl (C=O) groups excluding carboxylic acids is 1. The largest absolute Gasteiger partial charge is 0.466 e. The maximum Gasteiger partial charge on any atom is 0.305 e. The summed E-state index contributed by atoms with van der Waals surface area (Å²) in [4.78, 5) is 11.9. The van der Waals surface area contributed by atoms with Gasteiger partial charge in [0.1, 0.15) is 0 Å². The zero-order valence-corrected chi connectivity index (χ0v) is 27.5. The molecule has 0 heterocycles. The summed E-state index contributed by atoms with van der Waals surface area (Å²) in [6.45, 7) is 7.62. The average Bonchev–Trinajstić information content (AvgIpc) is 2.94. The van der Waals surface area contributed by atoms with Gasteiger partial charge in [-0.1, -0.05) is 201 Å². The van der Waals surface area contributed by atoms with Gasteiger partial charge in [-0.25, -0.2) is 0 Å². The van der Waals surface area contributed by atoms with Gasteiger partial charge in [0.2, 0.25) is 0 Å². The number of hydrogen-bond acceptors (Lipinski definition) is 2. The van der Waals surface area contributed by atoms with Crippen molar-refractivity contribution in [1.82, 2.24) is 0 Å². The molecule has 0 saturated heterocycles. The molecule has 39 heavy (non-hydrogen) atoms. The van der Waals surface area contributed by atoms with Crippen molar-refractivity contribution in [3.63, 3.8) is 0 Å². The minimum Gasteiger partial charge on any atom is -0.466 e. The molecule has 0 rings (SSSR count). The monoisotopic (exact) mass is 551 g/mol. The molecular formula is C37H74O2. The van der Waals surface area contributed by atoms with Gasteiger partial charge in [-0.3, -0.25) is 4.79 Å². The SMILES string of the molecule is CCCCCCCCCCCCCCCC(=O)OCCCCCCCCCCCCCCCCCC(C)CC. The third-order valence-electron chi connectivity index (χ3n) is 8.79. The Morgan fingerprint density at radius 1 is 0.462 bits per heavy atom. The van der Waals surface area contributed by atoms with Crippen LogP contribution >= 0.6 is 0 Å². The van der Waals surface area contributed by atoms with E-state index in [2.05, 4.69) is 20.8 Å². The van der Waals surface area contributed by atoms with Gasteiger partial charge >= 0.3 is 5.97 Å². The summed E-state index contributed by atoms with van der Waals surface area (Å²) in [5.41, 5.74) is 0. The van der Waals surface area contributed by atoms with Crippen LogP contribution in [0.25, 0.3) is 0 Å². The second-order valence-corrected chi connectivity index (χ2v) is 12.8. The highest BCUT2D eigenvalue weighted by atomic mass is 16.5. The summed E-state index contributed by atoms with van der Waals surface area (Å²) < 4.78 is 5.44. The molecule has 0 amide bonds. The van der Waals surface area contributed by atoms with E-state index in [1.54, 1.807) is 0 Å². The van der Waals surface area contributed by atoms with E-state index < -0.39 is 0 Å². The Hall–Kier alpha value is -0.530. The molecule has 0 spiro atoms. The van der Waals surface area contributed by atoms with Crippen LogP contribution in [-0.2, 0) is 9.53 Å². The van der Waals surface area contributed by atoms with E-state index in [0.29, 0.717) is 13.0 Å². The minimum atomic E-state index is 0.0275. The van der Waals surface area contributed by atoms with E-state index in [1.807, 2.05) is 0 Å². The van der Waals surface area contributed by atoms with Crippen molar-refractivity contribution in [1.29, 1.82) is 0 Å². The number of carbonyl (C=O) groups is 1. The predicted molar refractivity (Wildman–Crippen MR) is 175 cm³/mol. The fourth-order valence-corrected chi connectivity index (χ4v) is 5.64. The molecule has 0 saturated carbocycles. The molecule has 2 heteroatoms.